The Hall–Kier alpha value is -3.37. The number of fused-ring (bicyclic) bond motifs is 6. The molecule has 1 saturated heterocycles. The van der Waals surface area contributed by atoms with Gasteiger partial charge in [0.1, 0.15) is 27.5 Å². The van der Waals surface area contributed by atoms with Crippen LogP contribution in [0, 0.1) is 5.92 Å². The van der Waals surface area contributed by atoms with Crippen LogP contribution in [-0.4, -0.2) is 59.9 Å². The Kier molecular flexibility index (Phi) is 5.93. The molecule has 1 aromatic carbocycles. The zero-order valence-corrected chi connectivity index (χ0v) is 21.1. The van der Waals surface area contributed by atoms with Crippen LogP contribution in [0.2, 0.25) is 0 Å². The van der Waals surface area contributed by atoms with Crippen molar-refractivity contribution in [1.82, 2.24) is 19.4 Å². The van der Waals surface area contributed by atoms with Gasteiger partial charge in [-0.1, -0.05) is 6.07 Å². The molecule has 36 heavy (non-hydrogen) atoms. The maximum atomic E-state index is 13.1. The number of benzene rings is 1. The fourth-order valence-electron chi connectivity index (χ4n) is 5.57. The Morgan fingerprint density at radius 3 is 2.86 bits per heavy atom. The molecule has 0 radical (unpaired) electrons. The Bertz CT molecular complexity index is 1540. The van der Waals surface area contributed by atoms with Crippen molar-refractivity contribution in [1.29, 1.82) is 0 Å². The van der Waals surface area contributed by atoms with Crippen LogP contribution >= 0.6 is 11.3 Å². The summed E-state index contributed by atoms with van der Waals surface area (Å²) in [4.78, 5) is 35.6. The summed E-state index contributed by atoms with van der Waals surface area (Å²) in [6.45, 7) is 3.97. The van der Waals surface area contributed by atoms with Crippen LogP contribution in [0.15, 0.2) is 40.1 Å². The van der Waals surface area contributed by atoms with Gasteiger partial charge in [0.25, 0.3) is 5.56 Å². The van der Waals surface area contributed by atoms with Crippen molar-refractivity contribution >= 4 is 31.8 Å². The lowest BCUT2D eigenvalue weighted by Crippen LogP contribution is -2.34. The van der Waals surface area contributed by atoms with Crippen molar-refractivity contribution in [3.05, 3.63) is 56.9 Å². The number of unbranched alkanes of at least 4 members (excludes halogenated alkanes) is 1. The molecule has 1 fully saturated rings. The number of hydrogen-bond donors (Lipinski definition) is 1. The molecule has 2 aliphatic rings. The fraction of sp³-hybridized carbons (Fsp3) is 0.423. The van der Waals surface area contributed by atoms with E-state index in [9.17, 15) is 9.59 Å². The number of H-pyrrole nitrogens is 1. The highest BCUT2D eigenvalue weighted by Gasteiger charge is 2.40. The van der Waals surface area contributed by atoms with Crippen LogP contribution in [0.25, 0.3) is 20.4 Å². The highest BCUT2D eigenvalue weighted by molar-refractivity contribution is 7.25. The van der Waals surface area contributed by atoms with Crippen molar-refractivity contribution in [2.24, 2.45) is 5.92 Å². The lowest BCUT2D eigenvalue weighted by molar-refractivity contribution is 0.209. The zero-order valence-electron chi connectivity index (χ0n) is 20.3. The summed E-state index contributed by atoms with van der Waals surface area (Å²) in [6, 6.07) is 7.83. The van der Waals surface area contributed by atoms with E-state index in [0.717, 1.165) is 55.3 Å². The number of nitrogens with zero attached hydrogens (tertiary/aromatic N) is 3. The van der Waals surface area contributed by atoms with Crippen LogP contribution < -0.4 is 25.5 Å². The predicted molar refractivity (Wildman–Crippen MR) is 139 cm³/mol. The SMILES string of the molecule is COc1cnc2c(c1)sc1c(=O)n(CCCCN3C[C@H]4COc5cccc(OC)c5[C@@H]4C3)c(=O)[nH]c12. The normalized spacial score (nSPS) is 19.3. The van der Waals surface area contributed by atoms with Gasteiger partial charge in [-0.25, -0.2) is 9.78 Å². The van der Waals surface area contributed by atoms with E-state index in [1.807, 2.05) is 24.3 Å². The first kappa shape index (κ1) is 23.1. The minimum absolute atomic E-state index is 0.260. The van der Waals surface area contributed by atoms with E-state index in [1.165, 1.54) is 21.5 Å². The van der Waals surface area contributed by atoms with Gasteiger partial charge >= 0.3 is 5.69 Å². The lowest BCUT2D eigenvalue weighted by Gasteiger charge is -2.29. The number of aromatic nitrogens is 3. The van der Waals surface area contributed by atoms with Gasteiger partial charge in [0.05, 0.1) is 37.2 Å². The molecule has 10 heteroatoms. The van der Waals surface area contributed by atoms with Gasteiger partial charge < -0.3 is 24.1 Å². The van der Waals surface area contributed by atoms with Crippen LogP contribution in [-0.2, 0) is 6.54 Å². The van der Waals surface area contributed by atoms with E-state index >= 15 is 0 Å². The van der Waals surface area contributed by atoms with E-state index in [0.29, 0.717) is 39.9 Å². The van der Waals surface area contributed by atoms with E-state index in [4.69, 9.17) is 14.2 Å². The summed E-state index contributed by atoms with van der Waals surface area (Å²) >= 11 is 1.33. The number of thiophene rings is 1. The average Bonchev–Trinajstić information content (AvgIpc) is 3.48. The van der Waals surface area contributed by atoms with E-state index in [1.54, 1.807) is 20.4 Å². The molecule has 1 N–H and O–H groups in total. The predicted octanol–water partition coefficient (Wildman–Crippen LogP) is 3.20. The smallest absolute Gasteiger partial charge is 0.328 e. The largest absolute Gasteiger partial charge is 0.496 e. The third kappa shape index (κ3) is 3.84. The minimum atomic E-state index is -0.391. The van der Waals surface area contributed by atoms with Crippen molar-refractivity contribution in [3.63, 3.8) is 0 Å². The molecule has 0 saturated carbocycles. The maximum Gasteiger partial charge on any atom is 0.328 e. The standard InChI is InChI=1S/C26H28N4O5S/c1-33-16-10-20-22(27-11-16)23-24(36-20)25(31)30(26(32)28-23)9-4-3-8-29-12-15-14-35-19-7-5-6-18(34-2)21(19)17(15)13-29/h5-7,10-11,15,17H,3-4,8-9,12-14H2,1-2H3,(H,28,32)/t15-,17+/m0/s1. The first-order chi connectivity index (χ1) is 17.6. The van der Waals surface area contributed by atoms with Crippen molar-refractivity contribution in [2.75, 3.05) is 40.5 Å². The number of methoxy groups -OCH3 is 2. The Morgan fingerprint density at radius 1 is 1.17 bits per heavy atom. The van der Waals surface area contributed by atoms with Gasteiger partial charge in [-0.3, -0.25) is 9.36 Å². The average molecular weight is 509 g/mol. The first-order valence-electron chi connectivity index (χ1n) is 12.2. The first-order valence-corrected chi connectivity index (χ1v) is 13.0. The lowest BCUT2D eigenvalue weighted by atomic mass is 9.86. The van der Waals surface area contributed by atoms with Gasteiger partial charge in [-0.05, 0) is 31.5 Å². The molecule has 6 rings (SSSR count). The molecular formula is C26H28N4O5S. The summed E-state index contributed by atoms with van der Waals surface area (Å²) in [7, 11) is 3.28. The summed E-state index contributed by atoms with van der Waals surface area (Å²) < 4.78 is 19.5. The Morgan fingerprint density at radius 2 is 2.03 bits per heavy atom. The molecule has 188 valence electrons. The van der Waals surface area contributed by atoms with Crippen molar-refractivity contribution in [2.45, 2.75) is 25.3 Å². The van der Waals surface area contributed by atoms with Crippen LogP contribution in [0.3, 0.4) is 0 Å². The van der Waals surface area contributed by atoms with Gasteiger partial charge in [-0.2, -0.15) is 0 Å². The molecule has 3 aromatic heterocycles. The summed E-state index contributed by atoms with van der Waals surface area (Å²) in [5.74, 6) is 3.29. The summed E-state index contributed by atoms with van der Waals surface area (Å²) in [5.41, 5.74) is 1.65. The van der Waals surface area contributed by atoms with Gasteiger partial charge in [0.2, 0.25) is 0 Å². The third-order valence-corrected chi connectivity index (χ3v) is 8.46. The van der Waals surface area contributed by atoms with Crippen LogP contribution in [0.1, 0.15) is 24.3 Å². The molecule has 0 aliphatic carbocycles. The molecule has 9 nitrogen and oxygen atoms in total. The number of pyridine rings is 1. The summed E-state index contributed by atoms with van der Waals surface area (Å²) in [6.07, 6.45) is 3.23. The molecule has 2 aliphatic heterocycles. The summed E-state index contributed by atoms with van der Waals surface area (Å²) in [5, 5.41) is 0. The number of nitrogens with one attached hydrogen (secondary N) is 1. The number of aromatic amines is 1. The van der Waals surface area contributed by atoms with Crippen LogP contribution in [0.5, 0.6) is 17.2 Å². The maximum absolute atomic E-state index is 13.1. The monoisotopic (exact) mass is 508 g/mol. The second-order valence-corrected chi connectivity index (χ2v) is 10.5. The molecule has 4 aromatic rings. The molecule has 0 bridgehead atoms. The molecule has 2 atom stereocenters. The van der Waals surface area contributed by atoms with Crippen LogP contribution in [0.4, 0.5) is 0 Å². The minimum Gasteiger partial charge on any atom is -0.496 e. The van der Waals surface area contributed by atoms with Crippen molar-refractivity contribution in [3.8, 4) is 17.2 Å². The number of hydrogen-bond acceptors (Lipinski definition) is 8. The molecular weight excluding hydrogens is 480 g/mol. The highest BCUT2D eigenvalue weighted by atomic mass is 32.1. The quantitative estimate of drug-likeness (QED) is 0.383. The second kappa shape index (κ2) is 9.25. The van der Waals surface area contributed by atoms with E-state index in [-0.39, 0.29) is 5.56 Å². The van der Waals surface area contributed by atoms with Crippen molar-refractivity contribution < 1.29 is 14.2 Å². The second-order valence-electron chi connectivity index (χ2n) is 9.43. The number of rotatable bonds is 7. The highest BCUT2D eigenvalue weighted by Crippen LogP contribution is 2.46. The molecule has 0 unspecified atom stereocenters. The Labute approximate surface area is 211 Å². The number of likely N-dealkylation sites (tertiary alicyclic amines) is 1. The van der Waals surface area contributed by atoms with Gasteiger partial charge in [-0.15, -0.1) is 11.3 Å². The van der Waals surface area contributed by atoms with E-state index in [2.05, 4.69) is 14.9 Å². The fourth-order valence-corrected chi connectivity index (χ4v) is 6.66. The molecule has 0 amide bonds. The zero-order chi connectivity index (χ0) is 24.8. The topological polar surface area (TPSA) is 98.7 Å². The van der Waals surface area contributed by atoms with Gasteiger partial charge in [0.15, 0.2) is 0 Å². The Balaban J connectivity index is 1.13. The third-order valence-electron chi connectivity index (χ3n) is 7.35. The molecule has 0 spiro atoms. The van der Waals surface area contributed by atoms with E-state index < -0.39 is 5.69 Å². The number of ether oxygens (including phenoxy) is 3. The van der Waals surface area contributed by atoms with Gasteiger partial charge in [0, 0.05) is 43.1 Å². The molecule has 5 heterocycles.